The molecule has 96 valence electrons. The third kappa shape index (κ3) is 3.41. The zero-order valence-electron chi connectivity index (χ0n) is 10.1. The van der Waals surface area contributed by atoms with Crippen LogP contribution in [0.2, 0.25) is 0 Å². The van der Waals surface area contributed by atoms with Gasteiger partial charge < -0.3 is 0 Å². The van der Waals surface area contributed by atoms with E-state index in [0.29, 0.717) is 17.8 Å². The van der Waals surface area contributed by atoms with Crippen molar-refractivity contribution < 1.29 is 8.42 Å². The lowest BCUT2D eigenvalue weighted by Gasteiger charge is -2.00. The molecular weight excluding hydrogens is 250 g/mol. The topological polar surface area (TPSA) is 78.0 Å². The zero-order valence-corrected chi connectivity index (χ0v) is 10.9. The fourth-order valence-electron chi connectivity index (χ4n) is 1.77. The summed E-state index contributed by atoms with van der Waals surface area (Å²) in [4.78, 5) is 0. The van der Waals surface area contributed by atoms with Crippen molar-refractivity contribution in [1.82, 2.24) is 9.78 Å². The summed E-state index contributed by atoms with van der Waals surface area (Å²) in [6, 6.07) is 9.85. The molecule has 1 aromatic heterocycles. The molecule has 2 aromatic rings. The van der Waals surface area contributed by atoms with E-state index in [1.54, 1.807) is 17.8 Å². The maximum absolute atomic E-state index is 11.1. The van der Waals surface area contributed by atoms with E-state index < -0.39 is 10.0 Å². The molecule has 0 atom stereocenters. The number of nitrogens with zero attached hydrogens (tertiary/aromatic N) is 2. The molecule has 0 saturated carbocycles. The van der Waals surface area contributed by atoms with Crippen LogP contribution in [0.3, 0.4) is 0 Å². The molecule has 0 saturated heterocycles. The maximum atomic E-state index is 11.1. The minimum absolute atomic E-state index is 0.173. The Hall–Kier alpha value is -1.66. The summed E-state index contributed by atoms with van der Waals surface area (Å²) < 4.78 is 23.8. The van der Waals surface area contributed by atoms with Gasteiger partial charge in [0.2, 0.25) is 10.0 Å². The van der Waals surface area contributed by atoms with Gasteiger partial charge in [0, 0.05) is 11.8 Å². The smallest absolute Gasteiger partial charge is 0.213 e. The molecular formula is C12H15N3O2S. The molecule has 0 aliphatic heterocycles. The van der Waals surface area contributed by atoms with Crippen molar-refractivity contribution in [2.24, 2.45) is 5.14 Å². The van der Waals surface area contributed by atoms with Crippen molar-refractivity contribution >= 4 is 10.0 Å². The third-order valence-corrected chi connectivity index (χ3v) is 3.31. The molecule has 5 nitrogen and oxygen atoms in total. The standard InChI is InChI=1S/C12H15N3O2S/c1-10-12(9-18(13,16)17)8-15(14-10)7-11-5-3-2-4-6-11/h2-6,8H,7,9H2,1H3,(H2,13,16,17). The molecule has 1 heterocycles. The Morgan fingerprint density at radius 3 is 2.56 bits per heavy atom. The van der Waals surface area contributed by atoms with E-state index in [0.717, 1.165) is 5.56 Å². The number of rotatable bonds is 4. The monoisotopic (exact) mass is 265 g/mol. The van der Waals surface area contributed by atoms with Crippen LogP contribution in [0, 0.1) is 6.92 Å². The molecule has 0 radical (unpaired) electrons. The summed E-state index contributed by atoms with van der Waals surface area (Å²) in [6.45, 7) is 2.40. The number of hydrogen-bond acceptors (Lipinski definition) is 3. The van der Waals surface area contributed by atoms with Crippen LogP contribution >= 0.6 is 0 Å². The van der Waals surface area contributed by atoms with E-state index in [-0.39, 0.29) is 5.75 Å². The highest BCUT2D eigenvalue weighted by atomic mass is 32.2. The van der Waals surface area contributed by atoms with E-state index in [4.69, 9.17) is 5.14 Å². The summed E-state index contributed by atoms with van der Waals surface area (Å²) in [6.07, 6.45) is 1.73. The van der Waals surface area contributed by atoms with Gasteiger partial charge in [-0.2, -0.15) is 5.10 Å². The second-order valence-electron chi connectivity index (χ2n) is 4.23. The second-order valence-corrected chi connectivity index (χ2v) is 5.84. The summed E-state index contributed by atoms with van der Waals surface area (Å²) in [7, 11) is -3.51. The van der Waals surface area contributed by atoms with Gasteiger partial charge >= 0.3 is 0 Å². The fraction of sp³-hybridized carbons (Fsp3) is 0.250. The maximum Gasteiger partial charge on any atom is 0.213 e. The van der Waals surface area contributed by atoms with Crippen LogP contribution in [0.25, 0.3) is 0 Å². The van der Waals surface area contributed by atoms with E-state index in [1.165, 1.54) is 0 Å². The first kappa shape index (κ1) is 12.8. The largest absolute Gasteiger partial charge is 0.268 e. The van der Waals surface area contributed by atoms with Gasteiger partial charge in [0.1, 0.15) is 0 Å². The number of primary sulfonamides is 1. The minimum atomic E-state index is -3.51. The number of hydrogen-bond donors (Lipinski definition) is 1. The van der Waals surface area contributed by atoms with Gasteiger partial charge in [0.25, 0.3) is 0 Å². The Morgan fingerprint density at radius 2 is 1.94 bits per heavy atom. The Kier molecular flexibility index (Phi) is 3.49. The van der Waals surface area contributed by atoms with Crippen molar-refractivity contribution in [2.45, 2.75) is 19.2 Å². The van der Waals surface area contributed by atoms with Crippen molar-refractivity contribution in [3.63, 3.8) is 0 Å². The molecule has 0 fully saturated rings. The van der Waals surface area contributed by atoms with Crippen LogP contribution < -0.4 is 5.14 Å². The van der Waals surface area contributed by atoms with Crippen LogP contribution in [0.4, 0.5) is 0 Å². The van der Waals surface area contributed by atoms with Crippen LogP contribution in [0.15, 0.2) is 36.5 Å². The summed E-state index contributed by atoms with van der Waals surface area (Å²) >= 11 is 0. The van der Waals surface area contributed by atoms with Crippen molar-refractivity contribution in [3.8, 4) is 0 Å². The molecule has 18 heavy (non-hydrogen) atoms. The van der Waals surface area contributed by atoms with E-state index >= 15 is 0 Å². The van der Waals surface area contributed by atoms with E-state index in [1.807, 2.05) is 30.3 Å². The number of aromatic nitrogens is 2. The van der Waals surface area contributed by atoms with Crippen molar-refractivity contribution in [3.05, 3.63) is 53.3 Å². The highest BCUT2D eigenvalue weighted by Crippen LogP contribution is 2.10. The van der Waals surface area contributed by atoms with E-state index in [2.05, 4.69) is 5.10 Å². The van der Waals surface area contributed by atoms with Gasteiger partial charge in [-0.05, 0) is 12.5 Å². The third-order valence-electron chi connectivity index (χ3n) is 2.59. The number of sulfonamides is 1. The summed E-state index contributed by atoms with van der Waals surface area (Å²) in [5, 5.41) is 9.32. The lowest BCUT2D eigenvalue weighted by atomic mass is 10.2. The van der Waals surface area contributed by atoms with Crippen molar-refractivity contribution in [1.29, 1.82) is 0 Å². The van der Waals surface area contributed by atoms with E-state index in [9.17, 15) is 8.42 Å². The predicted molar refractivity (Wildman–Crippen MR) is 69.3 cm³/mol. The van der Waals surface area contributed by atoms with Crippen molar-refractivity contribution in [2.75, 3.05) is 0 Å². The molecule has 0 spiro atoms. The van der Waals surface area contributed by atoms with Gasteiger partial charge in [-0.3, -0.25) is 4.68 Å². The van der Waals surface area contributed by atoms with Gasteiger partial charge in [-0.25, -0.2) is 13.6 Å². The molecule has 0 aliphatic carbocycles. The lowest BCUT2D eigenvalue weighted by Crippen LogP contribution is -2.14. The first-order chi connectivity index (χ1) is 8.44. The first-order valence-corrected chi connectivity index (χ1v) is 7.23. The molecule has 1 aromatic carbocycles. The number of benzene rings is 1. The highest BCUT2D eigenvalue weighted by Gasteiger charge is 2.11. The summed E-state index contributed by atoms with van der Waals surface area (Å²) in [5.41, 5.74) is 2.45. The van der Waals surface area contributed by atoms with Crippen LogP contribution in [0.5, 0.6) is 0 Å². The lowest BCUT2D eigenvalue weighted by molar-refractivity contribution is 0.597. The molecule has 0 bridgehead atoms. The summed E-state index contributed by atoms with van der Waals surface area (Å²) in [5.74, 6) is -0.173. The van der Waals surface area contributed by atoms with Crippen LogP contribution in [0.1, 0.15) is 16.8 Å². The molecule has 6 heteroatoms. The quantitative estimate of drug-likeness (QED) is 0.896. The molecule has 0 unspecified atom stereocenters. The Labute approximate surface area is 106 Å². The SMILES string of the molecule is Cc1nn(Cc2ccccc2)cc1CS(N)(=O)=O. The molecule has 2 rings (SSSR count). The van der Waals surface area contributed by atoms with Gasteiger partial charge in [0.05, 0.1) is 18.0 Å². The normalized spacial score (nSPS) is 11.7. The average molecular weight is 265 g/mol. The second kappa shape index (κ2) is 4.91. The fourth-order valence-corrected chi connectivity index (χ4v) is 2.49. The molecule has 2 N–H and O–H groups in total. The van der Waals surface area contributed by atoms with Crippen LogP contribution in [-0.4, -0.2) is 18.2 Å². The van der Waals surface area contributed by atoms with Crippen LogP contribution in [-0.2, 0) is 22.3 Å². The van der Waals surface area contributed by atoms with Gasteiger partial charge in [-0.1, -0.05) is 30.3 Å². The Morgan fingerprint density at radius 1 is 1.28 bits per heavy atom. The van der Waals surface area contributed by atoms with Gasteiger partial charge in [-0.15, -0.1) is 0 Å². The minimum Gasteiger partial charge on any atom is -0.268 e. The van der Waals surface area contributed by atoms with Gasteiger partial charge in [0.15, 0.2) is 0 Å². The Bertz CT molecular complexity index is 633. The highest BCUT2D eigenvalue weighted by molar-refractivity contribution is 7.88. The molecule has 0 aliphatic rings. The first-order valence-electron chi connectivity index (χ1n) is 5.51. The number of aryl methyl sites for hydroxylation is 1. The average Bonchev–Trinajstić information content (AvgIpc) is 2.58. The number of nitrogens with two attached hydrogens (primary N) is 1. The predicted octanol–water partition coefficient (Wildman–Crippen LogP) is 1.03. The Balaban J connectivity index is 2.19. The molecule has 0 amide bonds. The zero-order chi connectivity index (χ0) is 13.2.